The third-order valence-electron chi connectivity index (χ3n) is 2.84. The molecule has 1 aliphatic heterocycles. The highest BCUT2D eigenvalue weighted by atomic mass is 16.5. The summed E-state index contributed by atoms with van der Waals surface area (Å²) in [7, 11) is 0. The molecule has 2 rings (SSSR count). The lowest BCUT2D eigenvalue weighted by Crippen LogP contribution is -2.24. The topological polar surface area (TPSA) is 53.1 Å². The Balaban J connectivity index is 1.91. The average Bonchev–Trinajstić information content (AvgIpc) is 2.68. The van der Waals surface area contributed by atoms with Crippen LogP contribution >= 0.6 is 0 Å². The Bertz CT molecular complexity index is 303. The van der Waals surface area contributed by atoms with Crippen molar-refractivity contribution in [1.29, 1.82) is 0 Å². The number of hydrogen-bond donors (Lipinski definition) is 1. The number of ether oxygens (including phenoxy) is 1. The molecule has 0 bridgehead atoms. The van der Waals surface area contributed by atoms with E-state index in [0.717, 1.165) is 25.1 Å². The van der Waals surface area contributed by atoms with Gasteiger partial charge in [0.05, 0.1) is 18.8 Å². The quantitative estimate of drug-likeness (QED) is 0.820. The van der Waals surface area contributed by atoms with E-state index in [1.807, 2.05) is 24.0 Å². The van der Waals surface area contributed by atoms with Crippen LogP contribution in [0, 0.1) is 0 Å². The number of aromatic nitrogens is 2. The van der Waals surface area contributed by atoms with Crippen molar-refractivity contribution >= 4 is 0 Å². The van der Waals surface area contributed by atoms with Crippen molar-refractivity contribution in [2.45, 2.75) is 44.9 Å². The van der Waals surface area contributed by atoms with Crippen molar-refractivity contribution < 1.29 is 4.74 Å². The zero-order chi connectivity index (χ0) is 10.7. The summed E-state index contributed by atoms with van der Waals surface area (Å²) in [5, 5.41) is 4.29. The molecule has 2 N–H and O–H groups in total. The SMILES string of the molecule is C[C@@H](N)c1cnn(C[C@@H]2CCCCO2)c1. The minimum absolute atomic E-state index is 0.0611. The first-order valence-corrected chi connectivity index (χ1v) is 5.65. The summed E-state index contributed by atoms with van der Waals surface area (Å²) in [6, 6.07) is 0.0611. The van der Waals surface area contributed by atoms with Crippen LogP contribution in [-0.4, -0.2) is 22.5 Å². The van der Waals surface area contributed by atoms with Crippen LogP contribution in [0.3, 0.4) is 0 Å². The third kappa shape index (κ3) is 2.79. The van der Waals surface area contributed by atoms with Gasteiger partial charge < -0.3 is 10.5 Å². The molecular weight excluding hydrogens is 190 g/mol. The molecule has 0 aromatic carbocycles. The van der Waals surface area contributed by atoms with Gasteiger partial charge in [-0.05, 0) is 26.2 Å². The summed E-state index contributed by atoms with van der Waals surface area (Å²) in [6.07, 6.45) is 7.80. The van der Waals surface area contributed by atoms with Gasteiger partial charge in [-0.25, -0.2) is 0 Å². The molecule has 0 aliphatic carbocycles. The van der Waals surface area contributed by atoms with Gasteiger partial charge in [-0.15, -0.1) is 0 Å². The van der Waals surface area contributed by atoms with Crippen LogP contribution in [0.25, 0.3) is 0 Å². The number of nitrogens with zero attached hydrogens (tertiary/aromatic N) is 2. The fourth-order valence-corrected chi connectivity index (χ4v) is 1.87. The normalized spacial score (nSPS) is 24.0. The van der Waals surface area contributed by atoms with E-state index in [-0.39, 0.29) is 6.04 Å². The van der Waals surface area contributed by atoms with Crippen molar-refractivity contribution in [2.24, 2.45) is 5.73 Å². The van der Waals surface area contributed by atoms with E-state index in [0.29, 0.717) is 6.10 Å². The van der Waals surface area contributed by atoms with Crippen molar-refractivity contribution in [3.63, 3.8) is 0 Å². The van der Waals surface area contributed by atoms with Crippen LogP contribution < -0.4 is 5.73 Å². The monoisotopic (exact) mass is 209 g/mol. The Hall–Kier alpha value is -0.870. The molecule has 1 aromatic heterocycles. The molecule has 0 saturated carbocycles. The molecule has 1 saturated heterocycles. The predicted octanol–water partition coefficient (Wildman–Crippen LogP) is 1.47. The molecule has 15 heavy (non-hydrogen) atoms. The third-order valence-corrected chi connectivity index (χ3v) is 2.84. The Morgan fingerprint density at radius 3 is 3.13 bits per heavy atom. The standard InChI is InChI=1S/C11H19N3O/c1-9(12)10-6-13-14(7-10)8-11-4-2-3-5-15-11/h6-7,9,11H,2-5,8,12H2,1H3/t9-,11+/m1/s1. The average molecular weight is 209 g/mol. The largest absolute Gasteiger partial charge is 0.376 e. The minimum atomic E-state index is 0.0611. The fraction of sp³-hybridized carbons (Fsp3) is 0.727. The second-order valence-corrected chi connectivity index (χ2v) is 4.27. The highest BCUT2D eigenvalue weighted by Crippen LogP contribution is 2.15. The maximum absolute atomic E-state index is 5.78. The zero-order valence-corrected chi connectivity index (χ0v) is 9.22. The number of hydrogen-bond acceptors (Lipinski definition) is 3. The van der Waals surface area contributed by atoms with Crippen LogP contribution in [0.2, 0.25) is 0 Å². The lowest BCUT2D eigenvalue weighted by molar-refractivity contribution is 0.00398. The summed E-state index contributed by atoms with van der Waals surface area (Å²) in [4.78, 5) is 0. The smallest absolute Gasteiger partial charge is 0.0770 e. The maximum Gasteiger partial charge on any atom is 0.0770 e. The molecule has 1 aromatic rings. The fourth-order valence-electron chi connectivity index (χ4n) is 1.87. The van der Waals surface area contributed by atoms with E-state index in [1.165, 1.54) is 12.8 Å². The Labute approximate surface area is 90.4 Å². The predicted molar refractivity (Wildman–Crippen MR) is 58.4 cm³/mol. The molecule has 4 nitrogen and oxygen atoms in total. The summed E-state index contributed by atoms with van der Waals surface area (Å²) in [6.45, 7) is 3.72. The number of nitrogens with two attached hydrogens (primary N) is 1. The Morgan fingerprint density at radius 1 is 1.67 bits per heavy atom. The van der Waals surface area contributed by atoms with Crippen molar-refractivity contribution in [2.75, 3.05) is 6.61 Å². The van der Waals surface area contributed by atoms with E-state index in [4.69, 9.17) is 10.5 Å². The molecule has 0 unspecified atom stereocenters. The van der Waals surface area contributed by atoms with Gasteiger partial charge in [0.15, 0.2) is 0 Å². The molecule has 2 heterocycles. The molecule has 4 heteroatoms. The van der Waals surface area contributed by atoms with Gasteiger partial charge >= 0.3 is 0 Å². The van der Waals surface area contributed by atoms with Gasteiger partial charge in [0.2, 0.25) is 0 Å². The summed E-state index contributed by atoms with van der Waals surface area (Å²) < 4.78 is 7.60. The van der Waals surface area contributed by atoms with E-state index in [9.17, 15) is 0 Å². The highest BCUT2D eigenvalue weighted by Gasteiger charge is 2.15. The summed E-state index contributed by atoms with van der Waals surface area (Å²) in [5.74, 6) is 0. The highest BCUT2D eigenvalue weighted by molar-refractivity contribution is 5.08. The van der Waals surface area contributed by atoms with Crippen LogP contribution in [-0.2, 0) is 11.3 Å². The van der Waals surface area contributed by atoms with Gasteiger partial charge in [0.1, 0.15) is 0 Å². The van der Waals surface area contributed by atoms with Crippen molar-refractivity contribution in [3.8, 4) is 0 Å². The van der Waals surface area contributed by atoms with Crippen molar-refractivity contribution in [1.82, 2.24) is 9.78 Å². The van der Waals surface area contributed by atoms with Crippen LogP contribution in [0.15, 0.2) is 12.4 Å². The Kier molecular flexibility index (Phi) is 3.38. The van der Waals surface area contributed by atoms with Gasteiger partial charge in [-0.1, -0.05) is 0 Å². The molecule has 0 spiro atoms. The molecular formula is C11H19N3O. The molecule has 1 fully saturated rings. The number of rotatable bonds is 3. The van der Waals surface area contributed by atoms with Gasteiger partial charge in [-0.2, -0.15) is 5.10 Å². The van der Waals surface area contributed by atoms with Gasteiger partial charge in [-0.3, -0.25) is 4.68 Å². The van der Waals surface area contributed by atoms with Crippen LogP contribution in [0.4, 0.5) is 0 Å². The summed E-state index contributed by atoms with van der Waals surface area (Å²) >= 11 is 0. The first-order chi connectivity index (χ1) is 7.25. The second-order valence-electron chi connectivity index (χ2n) is 4.27. The van der Waals surface area contributed by atoms with Gasteiger partial charge in [0, 0.05) is 24.4 Å². The molecule has 0 amide bonds. The van der Waals surface area contributed by atoms with Crippen molar-refractivity contribution in [3.05, 3.63) is 18.0 Å². The first kappa shape index (κ1) is 10.6. The lowest BCUT2D eigenvalue weighted by Gasteiger charge is -2.22. The Morgan fingerprint density at radius 2 is 2.53 bits per heavy atom. The van der Waals surface area contributed by atoms with Crippen LogP contribution in [0.1, 0.15) is 37.8 Å². The van der Waals surface area contributed by atoms with E-state index < -0.39 is 0 Å². The van der Waals surface area contributed by atoms with E-state index in [2.05, 4.69) is 5.10 Å². The zero-order valence-electron chi connectivity index (χ0n) is 9.22. The molecule has 84 valence electrons. The van der Waals surface area contributed by atoms with E-state index >= 15 is 0 Å². The molecule has 2 atom stereocenters. The lowest BCUT2D eigenvalue weighted by atomic mass is 10.1. The molecule has 0 radical (unpaired) electrons. The van der Waals surface area contributed by atoms with Crippen LogP contribution in [0.5, 0.6) is 0 Å². The summed E-state index contributed by atoms with van der Waals surface area (Å²) in [5.41, 5.74) is 6.86. The molecule has 1 aliphatic rings. The maximum atomic E-state index is 5.78. The second kappa shape index (κ2) is 4.77. The minimum Gasteiger partial charge on any atom is -0.376 e. The first-order valence-electron chi connectivity index (χ1n) is 5.65. The van der Waals surface area contributed by atoms with E-state index in [1.54, 1.807) is 0 Å². The van der Waals surface area contributed by atoms with Gasteiger partial charge in [0.25, 0.3) is 0 Å².